The number of nitrogens with zero attached hydrogens (tertiary/aromatic N) is 3. The number of carbonyl (C=O) groups excluding carboxylic acids is 2. The zero-order valence-electron chi connectivity index (χ0n) is 25.3. The molecule has 3 heterocycles. The fourth-order valence-corrected chi connectivity index (χ4v) is 6.16. The van der Waals surface area contributed by atoms with E-state index in [4.69, 9.17) is 9.47 Å². The van der Waals surface area contributed by atoms with Gasteiger partial charge in [0.1, 0.15) is 0 Å². The Hall–Kier alpha value is -3.30. The fraction of sp³-hybridized carbons (Fsp3) is 0.471. The molecule has 0 unspecified atom stereocenters. The second-order valence-electron chi connectivity index (χ2n) is 11.3. The summed E-state index contributed by atoms with van der Waals surface area (Å²) < 4.78 is 11.6. The lowest BCUT2D eigenvalue weighted by molar-refractivity contribution is -0.157. The number of benzene rings is 2. The van der Waals surface area contributed by atoms with E-state index in [-0.39, 0.29) is 17.4 Å². The Morgan fingerprint density at radius 2 is 1.21 bits per heavy atom. The summed E-state index contributed by atoms with van der Waals surface area (Å²) >= 11 is 3.36. The normalized spacial score (nSPS) is 17.2. The van der Waals surface area contributed by atoms with Gasteiger partial charge in [-0.15, -0.1) is 0 Å². The third kappa shape index (κ3) is 8.86. The fourth-order valence-electron chi connectivity index (χ4n) is 5.96. The van der Waals surface area contributed by atoms with Gasteiger partial charge in [-0.2, -0.15) is 0 Å². The van der Waals surface area contributed by atoms with Crippen molar-refractivity contribution in [1.29, 1.82) is 0 Å². The Morgan fingerprint density at radius 1 is 0.767 bits per heavy atom. The van der Waals surface area contributed by atoms with Crippen molar-refractivity contribution in [3.05, 3.63) is 88.7 Å². The maximum atomic E-state index is 12.7. The molecule has 0 amide bonds. The van der Waals surface area contributed by atoms with Crippen LogP contribution in [0, 0.1) is 10.8 Å². The molecule has 0 atom stereocenters. The van der Waals surface area contributed by atoms with E-state index in [0.717, 1.165) is 62.8 Å². The highest BCUT2D eigenvalue weighted by Crippen LogP contribution is 2.38. The van der Waals surface area contributed by atoms with Crippen LogP contribution < -0.4 is 10.2 Å². The van der Waals surface area contributed by atoms with Crippen molar-refractivity contribution in [3.8, 4) is 0 Å². The van der Waals surface area contributed by atoms with Crippen LogP contribution in [0.3, 0.4) is 0 Å². The van der Waals surface area contributed by atoms with Crippen LogP contribution in [0.15, 0.2) is 77.5 Å². The first kappa shape index (κ1) is 32.6. The van der Waals surface area contributed by atoms with E-state index in [2.05, 4.69) is 60.4 Å². The quantitative estimate of drug-likeness (QED) is 0.291. The molecular weight excluding hydrogens is 608 g/mol. The second kappa shape index (κ2) is 16.0. The summed E-state index contributed by atoms with van der Waals surface area (Å²) in [6.45, 7) is 7.88. The number of anilines is 1. The number of piperidine rings is 2. The van der Waals surface area contributed by atoms with E-state index in [1.54, 1.807) is 12.4 Å². The molecule has 43 heavy (non-hydrogen) atoms. The number of rotatable bonds is 9. The van der Waals surface area contributed by atoms with Crippen molar-refractivity contribution in [1.82, 2.24) is 15.3 Å². The minimum Gasteiger partial charge on any atom is -0.466 e. The third-order valence-corrected chi connectivity index (χ3v) is 8.77. The largest absolute Gasteiger partial charge is 0.466 e. The SMILES string of the molecule is CCOC(=O)C1(Cc2ccccc2)CCN(c2ncc(Br)cn2)CC1.CCOC(=O)C1(Cc2ccccc2)CCNCC1. The van der Waals surface area contributed by atoms with Gasteiger partial charge in [-0.05, 0) is 92.5 Å². The van der Waals surface area contributed by atoms with Gasteiger partial charge < -0.3 is 19.7 Å². The van der Waals surface area contributed by atoms with Crippen molar-refractivity contribution in [2.75, 3.05) is 44.3 Å². The van der Waals surface area contributed by atoms with Crippen LogP contribution in [-0.4, -0.2) is 61.3 Å². The summed E-state index contributed by atoms with van der Waals surface area (Å²) in [6, 6.07) is 20.4. The Bertz CT molecular complexity index is 1280. The third-order valence-electron chi connectivity index (χ3n) is 8.36. The highest BCUT2D eigenvalue weighted by Gasteiger charge is 2.43. The minimum absolute atomic E-state index is 0.0321. The smallest absolute Gasteiger partial charge is 0.312 e. The number of hydrogen-bond donors (Lipinski definition) is 1. The number of halogens is 1. The molecule has 5 rings (SSSR count). The molecule has 2 fully saturated rings. The average Bonchev–Trinajstić information content (AvgIpc) is 3.04. The zero-order valence-corrected chi connectivity index (χ0v) is 26.9. The van der Waals surface area contributed by atoms with Gasteiger partial charge in [-0.1, -0.05) is 60.7 Å². The first-order valence-electron chi connectivity index (χ1n) is 15.3. The molecule has 0 aliphatic carbocycles. The van der Waals surface area contributed by atoms with E-state index < -0.39 is 5.41 Å². The molecule has 1 N–H and O–H groups in total. The van der Waals surface area contributed by atoms with Crippen molar-refractivity contribution >= 4 is 33.8 Å². The van der Waals surface area contributed by atoms with E-state index >= 15 is 0 Å². The highest BCUT2D eigenvalue weighted by molar-refractivity contribution is 9.10. The van der Waals surface area contributed by atoms with Gasteiger partial charge in [0, 0.05) is 25.5 Å². The van der Waals surface area contributed by atoms with Crippen LogP contribution in [0.25, 0.3) is 0 Å². The molecule has 2 aromatic carbocycles. The van der Waals surface area contributed by atoms with Crippen molar-refractivity contribution in [2.24, 2.45) is 10.8 Å². The first-order chi connectivity index (χ1) is 20.9. The molecule has 8 nitrogen and oxygen atoms in total. The summed E-state index contributed by atoms with van der Waals surface area (Å²) in [5.41, 5.74) is 1.59. The number of nitrogens with one attached hydrogen (secondary N) is 1. The van der Waals surface area contributed by atoms with Gasteiger partial charge in [-0.25, -0.2) is 9.97 Å². The van der Waals surface area contributed by atoms with Crippen LogP contribution in [0.1, 0.15) is 50.7 Å². The molecule has 1 aromatic heterocycles. The molecule has 2 aliphatic rings. The topological polar surface area (TPSA) is 93.7 Å². The van der Waals surface area contributed by atoms with E-state index in [0.29, 0.717) is 25.6 Å². The van der Waals surface area contributed by atoms with Crippen LogP contribution in [0.2, 0.25) is 0 Å². The average molecular weight is 652 g/mol. The lowest BCUT2D eigenvalue weighted by Gasteiger charge is -2.40. The highest BCUT2D eigenvalue weighted by atomic mass is 79.9. The van der Waals surface area contributed by atoms with E-state index in [9.17, 15) is 9.59 Å². The molecule has 0 spiro atoms. The lowest BCUT2D eigenvalue weighted by atomic mass is 9.73. The van der Waals surface area contributed by atoms with Gasteiger partial charge in [0.25, 0.3) is 0 Å². The molecule has 230 valence electrons. The van der Waals surface area contributed by atoms with Gasteiger partial charge in [-0.3, -0.25) is 9.59 Å². The second-order valence-corrected chi connectivity index (χ2v) is 12.2. The van der Waals surface area contributed by atoms with Crippen molar-refractivity contribution < 1.29 is 19.1 Å². The van der Waals surface area contributed by atoms with Crippen molar-refractivity contribution in [2.45, 2.75) is 52.4 Å². The van der Waals surface area contributed by atoms with Crippen LogP contribution in [0.4, 0.5) is 5.95 Å². The van der Waals surface area contributed by atoms with Gasteiger partial charge in [0.05, 0.1) is 28.5 Å². The molecule has 0 saturated carbocycles. The number of carbonyl (C=O) groups is 2. The Balaban J connectivity index is 0.000000208. The predicted molar refractivity (Wildman–Crippen MR) is 172 cm³/mol. The molecule has 0 bridgehead atoms. The standard InChI is InChI=1S/C19H22BrN3O2.C15H21NO2/c1-2-25-17(24)19(12-15-6-4-3-5-7-15)8-10-23(11-9-19)18-21-13-16(20)14-22-18;1-2-18-14(17)15(8-10-16-11-9-15)12-13-6-4-3-5-7-13/h3-7,13-14H,2,8-12H2,1H3;3-7,16H,2,8-12H2,1H3. The Kier molecular flexibility index (Phi) is 12.1. The van der Waals surface area contributed by atoms with Gasteiger partial charge >= 0.3 is 11.9 Å². The van der Waals surface area contributed by atoms with Gasteiger partial charge in [0.15, 0.2) is 0 Å². The monoisotopic (exact) mass is 650 g/mol. The van der Waals surface area contributed by atoms with Crippen LogP contribution in [-0.2, 0) is 31.9 Å². The number of esters is 2. The number of aromatic nitrogens is 2. The predicted octanol–water partition coefficient (Wildman–Crippen LogP) is 5.79. The molecule has 3 aromatic rings. The van der Waals surface area contributed by atoms with Crippen LogP contribution in [0.5, 0.6) is 0 Å². The molecule has 9 heteroatoms. The summed E-state index contributed by atoms with van der Waals surface area (Å²) in [7, 11) is 0. The van der Waals surface area contributed by atoms with E-state index in [1.807, 2.05) is 50.2 Å². The number of hydrogen-bond acceptors (Lipinski definition) is 8. The summed E-state index contributed by atoms with van der Waals surface area (Å²) in [5, 5.41) is 3.31. The maximum absolute atomic E-state index is 12.7. The molecule has 2 saturated heterocycles. The zero-order chi connectivity index (χ0) is 30.5. The van der Waals surface area contributed by atoms with Crippen molar-refractivity contribution in [3.63, 3.8) is 0 Å². The lowest BCUT2D eigenvalue weighted by Crippen LogP contribution is -2.47. The summed E-state index contributed by atoms with van der Waals surface area (Å²) in [4.78, 5) is 35.9. The Morgan fingerprint density at radius 3 is 1.65 bits per heavy atom. The minimum atomic E-state index is -0.469. The molecular formula is C34H43BrN4O4. The summed E-state index contributed by atoms with van der Waals surface area (Å²) in [5.74, 6) is 0.589. The maximum Gasteiger partial charge on any atom is 0.312 e. The summed E-state index contributed by atoms with van der Waals surface area (Å²) in [6.07, 6.45) is 8.19. The molecule has 2 aliphatic heterocycles. The molecule has 0 radical (unpaired) electrons. The first-order valence-corrected chi connectivity index (χ1v) is 16.0. The van der Waals surface area contributed by atoms with Gasteiger partial charge in [0.2, 0.25) is 5.95 Å². The van der Waals surface area contributed by atoms with Crippen LogP contribution >= 0.6 is 15.9 Å². The Labute approximate surface area is 263 Å². The van der Waals surface area contributed by atoms with E-state index in [1.165, 1.54) is 11.1 Å². The number of ether oxygens (including phenoxy) is 2.